The van der Waals surface area contributed by atoms with Crippen LogP contribution in [0.15, 0.2) is 29.2 Å². The molecular weight excluding hydrogens is 284 g/mol. The fraction of sp³-hybridized carbons (Fsp3) is 0.625. The van der Waals surface area contributed by atoms with E-state index in [0.29, 0.717) is 4.90 Å². The van der Waals surface area contributed by atoms with Crippen LogP contribution in [0, 0.1) is 0 Å². The van der Waals surface area contributed by atoms with Crippen LogP contribution in [0.5, 0.6) is 0 Å². The SMILES string of the molecule is CCNCc1ccc(S(=O)(=O)N2C(C)CCC2CC)cc1. The molecule has 1 N–H and O–H groups in total. The van der Waals surface area contributed by atoms with Crippen LogP contribution in [-0.2, 0) is 16.6 Å². The van der Waals surface area contributed by atoms with Gasteiger partial charge in [0.25, 0.3) is 0 Å². The molecule has 1 aromatic rings. The molecule has 2 unspecified atom stereocenters. The average Bonchev–Trinajstić information content (AvgIpc) is 2.87. The average molecular weight is 310 g/mol. The first-order valence-corrected chi connectivity index (χ1v) is 9.27. The van der Waals surface area contributed by atoms with Crippen LogP contribution in [0.1, 0.15) is 45.6 Å². The van der Waals surface area contributed by atoms with Crippen molar-refractivity contribution in [2.75, 3.05) is 6.54 Å². The standard InChI is InChI=1S/C16H26N2O2S/c1-4-15-9-6-13(3)18(15)21(19,20)16-10-7-14(8-11-16)12-17-5-2/h7-8,10-11,13,15,17H,4-6,9,12H2,1-3H3. The molecule has 1 aliphatic heterocycles. The zero-order valence-corrected chi connectivity index (χ0v) is 14.0. The minimum atomic E-state index is -3.37. The smallest absolute Gasteiger partial charge is 0.243 e. The molecule has 21 heavy (non-hydrogen) atoms. The molecule has 118 valence electrons. The first-order valence-electron chi connectivity index (χ1n) is 7.83. The molecule has 2 atom stereocenters. The van der Waals surface area contributed by atoms with E-state index in [9.17, 15) is 8.42 Å². The molecule has 4 nitrogen and oxygen atoms in total. The molecule has 0 amide bonds. The lowest BCUT2D eigenvalue weighted by Gasteiger charge is -2.27. The lowest BCUT2D eigenvalue weighted by Crippen LogP contribution is -2.39. The highest BCUT2D eigenvalue weighted by atomic mass is 32.2. The molecule has 1 aromatic carbocycles. The Morgan fingerprint density at radius 3 is 2.43 bits per heavy atom. The molecule has 0 spiro atoms. The van der Waals surface area contributed by atoms with Gasteiger partial charge in [0, 0.05) is 18.6 Å². The number of benzene rings is 1. The van der Waals surface area contributed by atoms with Crippen molar-refractivity contribution in [2.45, 2.75) is 63.6 Å². The summed E-state index contributed by atoms with van der Waals surface area (Å²) in [6.07, 6.45) is 2.80. The maximum Gasteiger partial charge on any atom is 0.243 e. The van der Waals surface area contributed by atoms with Crippen LogP contribution in [0.25, 0.3) is 0 Å². The number of hydrogen-bond donors (Lipinski definition) is 1. The van der Waals surface area contributed by atoms with Gasteiger partial charge < -0.3 is 5.32 Å². The van der Waals surface area contributed by atoms with Crippen molar-refractivity contribution >= 4 is 10.0 Å². The molecule has 5 heteroatoms. The van der Waals surface area contributed by atoms with Crippen molar-refractivity contribution in [2.24, 2.45) is 0 Å². The van der Waals surface area contributed by atoms with Crippen LogP contribution in [-0.4, -0.2) is 31.4 Å². The summed E-state index contributed by atoms with van der Waals surface area (Å²) < 4.78 is 27.4. The Hall–Kier alpha value is -0.910. The van der Waals surface area contributed by atoms with Crippen LogP contribution in [0.4, 0.5) is 0 Å². The summed E-state index contributed by atoms with van der Waals surface area (Å²) in [6.45, 7) is 7.80. The van der Waals surface area contributed by atoms with Gasteiger partial charge in [0.1, 0.15) is 0 Å². The van der Waals surface area contributed by atoms with E-state index in [-0.39, 0.29) is 12.1 Å². The molecule has 1 saturated heterocycles. The largest absolute Gasteiger partial charge is 0.313 e. The van der Waals surface area contributed by atoms with Gasteiger partial charge in [-0.15, -0.1) is 0 Å². The van der Waals surface area contributed by atoms with E-state index in [1.54, 1.807) is 16.4 Å². The molecule has 0 aliphatic carbocycles. The zero-order chi connectivity index (χ0) is 15.5. The van der Waals surface area contributed by atoms with Crippen molar-refractivity contribution in [3.8, 4) is 0 Å². The lowest BCUT2D eigenvalue weighted by atomic mass is 10.2. The maximum atomic E-state index is 12.8. The highest BCUT2D eigenvalue weighted by molar-refractivity contribution is 7.89. The Morgan fingerprint density at radius 1 is 1.19 bits per heavy atom. The Balaban J connectivity index is 2.22. The first kappa shape index (κ1) is 16.5. The summed E-state index contributed by atoms with van der Waals surface area (Å²) >= 11 is 0. The van der Waals surface area contributed by atoms with Gasteiger partial charge >= 0.3 is 0 Å². The third-order valence-corrected chi connectivity index (χ3v) is 6.34. The Morgan fingerprint density at radius 2 is 1.86 bits per heavy atom. The quantitative estimate of drug-likeness (QED) is 0.879. The van der Waals surface area contributed by atoms with E-state index >= 15 is 0 Å². The summed E-state index contributed by atoms with van der Waals surface area (Å²) in [5, 5.41) is 3.24. The number of sulfonamides is 1. The fourth-order valence-electron chi connectivity index (χ4n) is 3.04. The molecule has 0 aromatic heterocycles. The maximum absolute atomic E-state index is 12.8. The zero-order valence-electron chi connectivity index (χ0n) is 13.2. The molecule has 1 heterocycles. The predicted molar refractivity (Wildman–Crippen MR) is 85.6 cm³/mol. The van der Waals surface area contributed by atoms with Crippen molar-refractivity contribution in [3.63, 3.8) is 0 Å². The van der Waals surface area contributed by atoms with Crippen LogP contribution >= 0.6 is 0 Å². The van der Waals surface area contributed by atoms with E-state index < -0.39 is 10.0 Å². The van der Waals surface area contributed by atoms with Gasteiger partial charge in [-0.3, -0.25) is 0 Å². The molecular formula is C16H26N2O2S. The second kappa shape index (κ2) is 6.90. The van der Waals surface area contributed by atoms with E-state index in [1.165, 1.54) is 0 Å². The molecule has 1 aliphatic rings. The summed E-state index contributed by atoms with van der Waals surface area (Å²) in [5.74, 6) is 0. The van der Waals surface area contributed by atoms with E-state index in [2.05, 4.69) is 19.2 Å². The van der Waals surface area contributed by atoms with Crippen LogP contribution in [0.3, 0.4) is 0 Å². The summed E-state index contributed by atoms with van der Waals surface area (Å²) in [7, 11) is -3.37. The number of nitrogens with zero attached hydrogens (tertiary/aromatic N) is 1. The van der Waals surface area contributed by atoms with E-state index in [4.69, 9.17) is 0 Å². The number of rotatable bonds is 6. The Bertz CT molecular complexity index is 554. The second-order valence-corrected chi connectivity index (χ2v) is 7.59. The van der Waals surface area contributed by atoms with Gasteiger partial charge in [-0.05, 0) is 50.4 Å². The van der Waals surface area contributed by atoms with Gasteiger partial charge in [0.15, 0.2) is 0 Å². The molecule has 1 fully saturated rings. The van der Waals surface area contributed by atoms with Crippen molar-refractivity contribution in [1.29, 1.82) is 0 Å². The summed E-state index contributed by atoms with van der Waals surface area (Å²) in [6, 6.07) is 7.52. The van der Waals surface area contributed by atoms with Gasteiger partial charge in [-0.25, -0.2) is 8.42 Å². The molecule has 0 bridgehead atoms. The van der Waals surface area contributed by atoms with Crippen molar-refractivity contribution in [3.05, 3.63) is 29.8 Å². The molecule has 0 radical (unpaired) electrons. The van der Waals surface area contributed by atoms with Crippen LogP contribution < -0.4 is 5.32 Å². The van der Waals surface area contributed by atoms with Gasteiger partial charge in [-0.1, -0.05) is 26.0 Å². The van der Waals surface area contributed by atoms with Gasteiger partial charge in [-0.2, -0.15) is 4.31 Å². The van der Waals surface area contributed by atoms with Crippen molar-refractivity contribution < 1.29 is 8.42 Å². The van der Waals surface area contributed by atoms with Gasteiger partial charge in [0.2, 0.25) is 10.0 Å². The monoisotopic (exact) mass is 310 g/mol. The summed E-state index contributed by atoms with van der Waals surface area (Å²) in [4.78, 5) is 0.412. The third kappa shape index (κ3) is 3.47. The second-order valence-electron chi connectivity index (χ2n) is 5.75. The van der Waals surface area contributed by atoms with E-state index in [1.807, 2.05) is 19.1 Å². The van der Waals surface area contributed by atoms with Gasteiger partial charge in [0.05, 0.1) is 4.90 Å². The fourth-order valence-corrected chi connectivity index (χ4v) is 4.99. The highest BCUT2D eigenvalue weighted by Crippen LogP contribution is 2.32. The minimum absolute atomic E-state index is 0.0985. The normalized spacial score (nSPS) is 23.6. The Kier molecular flexibility index (Phi) is 5.41. The molecule has 0 saturated carbocycles. The number of hydrogen-bond acceptors (Lipinski definition) is 3. The van der Waals surface area contributed by atoms with Crippen molar-refractivity contribution in [1.82, 2.24) is 9.62 Å². The summed E-state index contributed by atoms with van der Waals surface area (Å²) in [5.41, 5.74) is 1.11. The Labute approximate surface area is 128 Å². The van der Waals surface area contributed by atoms with Crippen LogP contribution in [0.2, 0.25) is 0 Å². The third-order valence-electron chi connectivity index (χ3n) is 4.26. The van der Waals surface area contributed by atoms with E-state index in [0.717, 1.165) is 37.9 Å². The topological polar surface area (TPSA) is 49.4 Å². The lowest BCUT2D eigenvalue weighted by molar-refractivity contribution is 0.328. The highest BCUT2D eigenvalue weighted by Gasteiger charge is 2.38. The number of nitrogens with one attached hydrogen (secondary N) is 1. The molecule has 2 rings (SSSR count). The minimum Gasteiger partial charge on any atom is -0.313 e. The first-order chi connectivity index (χ1) is 10.0. The predicted octanol–water partition coefficient (Wildman–Crippen LogP) is 2.75.